The number of hydrogen-bond acceptors (Lipinski definition) is 2. The van der Waals surface area contributed by atoms with Crippen LogP contribution in [0.4, 0.5) is 0 Å². The number of allylic oxidation sites excluding steroid dienone is 1. The molecule has 4 heteroatoms. The summed E-state index contributed by atoms with van der Waals surface area (Å²) in [6, 6.07) is 6.90. The molecule has 0 saturated heterocycles. The fourth-order valence-electron chi connectivity index (χ4n) is 0.945. The van der Waals surface area contributed by atoms with Gasteiger partial charge in [-0.25, -0.2) is 0 Å². The second kappa shape index (κ2) is 4.05. The summed E-state index contributed by atoms with van der Waals surface area (Å²) >= 11 is 5.67. The highest BCUT2D eigenvalue weighted by molar-refractivity contribution is 6.30. The molecule has 1 aromatic carbocycles. The standard InChI is InChI=1S/C9H8ClNO2/c1-7(6-11(12)13)8-2-4-9(10)5-3-8/h2-6H,1H3/b7-6+. The van der Waals surface area contributed by atoms with Gasteiger partial charge in [0.1, 0.15) is 0 Å². The van der Waals surface area contributed by atoms with E-state index in [9.17, 15) is 10.1 Å². The van der Waals surface area contributed by atoms with Gasteiger partial charge in [0, 0.05) is 10.6 Å². The molecule has 0 amide bonds. The Kier molecular flexibility index (Phi) is 3.03. The van der Waals surface area contributed by atoms with Crippen molar-refractivity contribution in [3.05, 3.63) is 51.2 Å². The van der Waals surface area contributed by atoms with Crippen LogP contribution >= 0.6 is 11.6 Å². The zero-order chi connectivity index (χ0) is 9.84. The third-order valence-corrected chi connectivity index (χ3v) is 1.85. The first-order valence-corrected chi connectivity index (χ1v) is 4.05. The van der Waals surface area contributed by atoms with Crippen LogP contribution in [0.2, 0.25) is 5.02 Å². The maximum Gasteiger partial charge on any atom is 0.237 e. The number of hydrogen-bond donors (Lipinski definition) is 0. The lowest BCUT2D eigenvalue weighted by Gasteiger charge is -1.97. The average Bonchev–Trinajstić information content (AvgIpc) is 2.04. The van der Waals surface area contributed by atoms with Crippen molar-refractivity contribution in [1.29, 1.82) is 0 Å². The van der Waals surface area contributed by atoms with Crippen LogP contribution in [0.15, 0.2) is 30.5 Å². The van der Waals surface area contributed by atoms with Crippen molar-refractivity contribution in [2.24, 2.45) is 0 Å². The molecule has 68 valence electrons. The van der Waals surface area contributed by atoms with Gasteiger partial charge in [-0.15, -0.1) is 0 Å². The predicted molar refractivity (Wildman–Crippen MR) is 52.1 cm³/mol. The van der Waals surface area contributed by atoms with E-state index in [0.717, 1.165) is 11.8 Å². The van der Waals surface area contributed by atoms with Gasteiger partial charge in [0.15, 0.2) is 0 Å². The van der Waals surface area contributed by atoms with E-state index in [4.69, 9.17) is 11.6 Å². The molecule has 0 unspecified atom stereocenters. The summed E-state index contributed by atoms with van der Waals surface area (Å²) in [5, 5.41) is 10.8. The van der Waals surface area contributed by atoms with Crippen molar-refractivity contribution >= 4 is 17.2 Å². The summed E-state index contributed by atoms with van der Waals surface area (Å²) < 4.78 is 0. The number of nitrogens with zero attached hydrogens (tertiary/aromatic N) is 1. The molecule has 0 radical (unpaired) electrons. The Hall–Kier alpha value is -1.35. The topological polar surface area (TPSA) is 43.1 Å². The van der Waals surface area contributed by atoms with Crippen LogP contribution in [-0.2, 0) is 0 Å². The van der Waals surface area contributed by atoms with E-state index >= 15 is 0 Å². The Bertz CT molecular complexity index is 343. The van der Waals surface area contributed by atoms with Gasteiger partial charge in [0.25, 0.3) is 0 Å². The minimum Gasteiger partial charge on any atom is -0.259 e. The van der Waals surface area contributed by atoms with Gasteiger partial charge >= 0.3 is 0 Å². The van der Waals surface area contributed by atoms with Crippen molar-refractivity contribution in [3.8, 4) is 0 Å². The SMILES string of the molecule is C/C(=C\[N+](=O)[O-])c1ccc(Cl)cc1. The Morgan fingerprint density at radius 2 is 2.00 bits per heavy atom. The third kappa shape index (κ3) is 2.87. The highest BCUT2D eigenvalue weighted by atomic mass is 35.5. The van der Waals surface area contributed by atoms with Crippen LogP contribution < -0.4 is 0 Å². The van der Waals surface area contributed by atoms with E-state index in [1.807, 2.05) is 0 Å². The number of halogens is 1. The lowest BCUT2D eigenvalue weighted by molar-refractivity contribution is -0.401. The lowest BCUT2D eigenvalue weighted by atomic mass is 10.1. The Morgan fingerprint density at radius 3 is 2.46 bits per heavy atom. The van der Waals surface area contributed by atoms with Crippen molar-refractivity contribution in [3.63, 3.8) is 0 Å². The molecule has 0 heterocycles. The first-order valence-electron chi connectivity index (χ1n) is 3.67. The number of rotatable bonds is 2. The summed E-state index contributed by atoms with van der Waals surface area (Å²) in [6.07, 6.45) is 0.975. The zero-order valence-corrected chi connectivity index (χ0v) is 7.78. The van der Waals surface area contributed by atoms with E-state index in [0.29, 0.717) is 10.6 Å². The van der Waals surface area contributed by atoms with E-state index in [1.165, 1.54) is 0 Å². The van der Waals surface area contributed by atoms with Crippen LogP contribution in [-0.4, -0.2) is 4.92 Å². The molecule has 0 aliphatic carbocycles. The largest absolute Gasteiger partial charge is 0.259 e. The number of benzene rings is 1. The molecule has 0 aliphatic heterocycles. The first kappa shape index (κ1) is 9.74. The smallest absolute Gasteiger partial charge is 0.237 e. The molecular weight excluding hydrogens is 190 g/mol. The maximum atomic E-state index is 10.2. The van der Waals surface area contributed by atoms with Gasteiger partial charge in [0.05, 0.1) is 4.92 Å². The highest BCUT2D eigenvalue weighted by Gasteiger charge is 1.99. The Morgan fingerprint density at radius 1 is 1.46 bits per heavy atom. The van der Waals surface area contributed by atoms with Crippen LogP contribution in [0.3, 0.4) is 0 Å². The van der Waals surface area contributed by atoms with Crippen molar-refractivity contribution in [2.45, 2.75) is 6.92 Å². The highest BCUT2D eigenvalue weighted by Crippen LogP contribution is 2.16. The Balaban J connectivity index is 2.96. The molecule has 1 aromatic rings. The van der Waals surface area contributed by atoms with Crippen molar-refractivity contribution < 1.29 is 4.92 Å². The molecular formula is C9H8ClNO2. The second-order valence-corrected chi connectivity index (χ2v) is 3.04. The fourth-order valence-corrected chi connectivity index (χ4v) is 1.07. The fraction of sp³-hybridized carbons (Fsp3) is 0.111. The lowest BCUT2D eigenvalue weighted by Crippen LogP contribution is -1.87. The maximum absolute atomic E-state index is 10.2. The Labute approximate surface area is 80.8 Å². The van der Waals surface area contributed by atoms with Crippen molar-refractivity contribution in [2.75, 3.05) is 0 Å². The predicted octanol–water partition coefficient (Wildman–Crippen LogP) is 2.98. The summed E-state index contributed by atoms with van der Waals surface area (Å²) in [5.41, 5.74) is 1.42. The van der Waals surface area contributed by atoms with Crippen LogP contribution in [0.25, 0.3) is 5.57 Å². The summed E-state index contributed by atoms with van der Waals surface area (Å²) in [4.78, 5) is 9.68. The summed E-state index contributed by atoms with van der Waals surface area (Å²) in [7, 11) is 0. The molecule has 0 spiro atoms. The summed E-state index contributed by atoms with van der Waals surface area (Å²) in [5.74, 6) is 0. The molecule has 0 fully saturated rings. The minimum atomic E-state index is -0.468. The van der Waals surface area contributed by atoms with E-state index in [-0.39, 0.29) is 0 Å². The second-order valence-electron chi connectivity index (χ2n) is 2.60. The monoisotopic (exact) mass is 197 g/mol. The van der Waals surface area contributed by atoms with Gasteiger partial charge in [-0.2, -0.15) is 0 Å². The van der Waals surface area contributed by atoms with Crippen LogP contribution in [0, 0.1) is 10.1 Å². The van der Waals surface area contributed by atoms with Crippen LogP contribution in [0.1, 0.15) is 12.5 Å². The first-order chi connectivity index (χ1) is 6.09. The normalized spacial score (nSPS) is 11.4. The molecule has 0 atom stereocenters. The van der Waals surface area contributed by atoms with Gasteiger partial charge in [-0.3, -0.25) is 10.1 Å². The molecule has 0 aromatic heterocycles. The van der Waals surface area contributed by atoms with Gasteiger partial charge in [-0.1, -0.05) is 23.7 Å². The average molecular weight is 198 g/mol. The molecule has 0 saturated carbocycles. The molecule has 13 heavy (non-hydrogen) atoms. The molecule has 0 bridgehead atoms. The van der Waals surface area contributed by atoms with Gasteiger partial charge < -0.3 is 0 Å². The van der Waals surface area contributed by atoms with E-state index < -0.39 is 4.92 Å². The zero-order valence-electron chi connectivity index (χ0n) is 7.03. The quantitative estimate of drug-likeness (QED) is 0.540. The molecule has 3 nitrogen and oxygen atoms in total. The third-order valence-electron chi connectivity index (χ3n) is 1.60. The summed E-state index contributed by atoms with van der Waals surface area (Å²) in [6.45, 7) is 1.69. The van der Waals surface area contributed by atoms with E-state index in [2.05, 4.69) is 0 Å². The minimum absolute atomic E-state index is 0.468. The van der Waals surface area contributed by atoms with Gasteiger partial charge in [0.2, 0.25) is 6.20 Å². The number of nitro groups is 1. The van der Waals surface area contributed by atoms with Crippen molar-refractivity contribution in [1.82, 2.24) is 0 Å². The van der Waals surface area contributed by atoms with Gasteiger partial charge in [-0.05, 0) is 24.6 Å². The van der Waals surface area contributed by atoms with Crippen LogP contribution in [0.5, 0.6) is 0 Å². The molecule has 1 rings (SSSR count). The molecule has 0 aliphatic rings. The molecule has 0 N–H and O–H groups in total. The van der Waals surface area contributed by atoms with E-state index in [1.54, 1.807) is 31.2 Å².